The standard InChI is InChI=1S/C11H16OSe/c1-9(2)11(8-12)13-10-6-4-3-5-7-10/h3-7,9,11-12H,8H2,1-2H3. The number of rotatable bonds is 4. The van der Waals surface area contributed by atoms with E-state index in [1.54, 1.807) is 0 Å². The molecule has 0 amide bonds. The molecule has 72 valence electrons. The Morgan fingerprint density at radius 1 is 1.23 bits per heavy atom. The molecular formula is C11H16OSe. The molecule has 0 aromatic heterocycles. The fraction of sp³-hybridized carbons (Fsp3) is 0.455. The predicted molar refractivity (Wildman–Crippen MR) is 57.5 cm³/mol. The van der Waals surface area contributed by atoms with Gasteiger partial charge < -0.3 is 0 Å². The van der Waals surface area contributed by atoms with Crippen molar-refractivity contribution >= 4 is 19.4 Å². The molecule has 0 aliphatic heterocycles. The average Bonchev–Trinajstić information content (AvgIpc) is 2.15. The monoisotopic (exact) mass is 244 g/mol. The molecule has 0 aliphatic rings. The van der Waals surface area contributed by atoms with Gasteiger partial charge >= 0.3 is 86.0 Å². The molecule has 0 radical (unpaired) electrons. The summed E-state index contributed by atoms with van der Waals surface area (Å²) >= 11 is 0.407. The van der Waals surface area contributed by atoms with E-state index in [0.717, 1.165) is 0 Å². The van der Waals surface area contributed by atoms with Gasteiger partial charge in [-0.05, 0) is 0 Å². The van der Waals surface area contributed by atoms with Crippen molar-refractivity contribution in [3.05, 3.63) is 30.3 Å². The van der Waals surface area contributed by atoms with Crippen LogP contribution in [0.4, 0.5) is 0 Å². The number of aliphatic hydroxyl groups excluding tert-OH is 1. The van der Waals surface area contributed by atoms with Gasteiger partial charge in [0.15, 0.2) is 0 Å². The molecule has 13 heavy (non-hydrogen) atoms. The van der Waals surface area contributed by atoms with Crippen LogP contribution in [0.2, 0.25) is 4.82 Å². The fourth-order valence-electron chi connectivity index (χ4n) is 1.06. The van der Waals surface area contributed by atoms with Crippen LogP contribution < -0.4 is 4.46 Å². The topological polar surface area (TPSA) is 20.2 Å². The summed E-state index contributed by atoms with van der Waals surface area (Å²) in [6.45, 7) is 4.66. The minimum atomic E-state index is 0.312. The van der Waals surface area contributed by atoms with Crippen molar-refractivity contribution in [2.24, 2.45) is 5.92 Å². The van der Waals surface area contributed by atoms with Crippen molar-refractivity contribution < 1.29 is 5.11 Å². The first-order valence-corrected chi connectivity index (χ1v) is 6.41. The second kappa shape index (κ2) is 5.43. The van der Waals surface area contributed by atoms with E-state index in [1.165, 1.54) is 4.46 Å². The molecule has 0 fully saturated rings. The van der Waals surface area contributed by atoms with Crippen LogP contribution in [0.15, 0.2) is 30.3 Å². The Morgan fingerprint density at radius 2 is 1.85 bits per heavy atom. The van der Waals surface area contributed by atoms with E-state index in [4.69, 9.17) is 0 Å². The summed E-state index contributed by atoms with van der Waals surface area (Å²) in [5.74, 6) is 0.574. The van der Waals surface area contributed by atoms with E-state index in [2.05, 4.69) is 38.1 Å². The van der Waals surface area contributed by atoms with Crippen molar-refractivity contribution in [1.82, 2.24) is 0 Å². The summed E-state index contributed by atoms with van der Waals surface area (Å²) in [5.41, 5.74) is 0. The number of benzene rings is 1. The minimum absolute atomic E-state index is 0.312. The summed E-state index contributed by atoms with van der Waals surface area (Å²) in [6.07, 6.45) is 0. The van der Waals surface area contributed by atoms with Crippen LogP contribution in [0.1, 0.15) is 13.8 Å². The van der Waals surface area contributed by atoms with Gasteiger partial charge in [0.1, 0.15) is 0 Å². The van der Waals surface area contributed by atoms with Crippen LogP contribution >= 0.6 is 0 Å². The average molecular weight is 243 g/mol. The molecule has 0 spiro atoms. The first-order chi connectivity index (χ1) is 6.24. The number of hydrogen-bond acceptors (Lipinski definition) is 1. The van der Waals surface area contributed by atoms with Gasteiger partial charge in [-0.1, -0.05) is 0 Å². The van der Waals surface area contributed by atoms with E-state index in [0.29, 0.717) is 32.3 Å². The molecule has 0 saturated carbocycles. The Bertz CT molecular complexity index is 233. The van der Waals surface area contributed by atoms with Crippen LogP contribution in [0.5, 0.6) is 0 Å². The second-order valence-electron chi connectivity index (χ2n) is 3.40. The van der Waals surface area contributed by atoms with Gasteiger partial charge in [0.05, 0.1) is 0 Å². The fourth-order valence-corrected chi connectivity index (χ4v) is 3.18. The predicted octanol–water partition coefficient (Wildman–Crippen LogP) is 1.45. The normalized spacial score (nSPS) is 13.2. The Labute approximate surface area is 86.3 Å². The zero-order chi connectivity index (χ0) is 9.68. The SMILES string of the molecule is CC(C)C(CO)[Se]c1ccccc1. The second-order valence-corrected chi connectivity index (χ2v) is 6.15. The Hall–Kier alpha value is -0.301. The third-order valence-electron chi connectivity index (χ3n) is 1.95. The van der Waals surface area contributed by atoms with Crippen molar-refractivity contribution in [3.63, 3.8) is 0 Å². The molecule has 0 bridgehead atoms. The molecule has 1 aromatic rings. The summed E-state index contributed by atoms with van der Waals surface area (Å²) in [5, 5.41) is 9.17. The van der Waals surface area contributed by atoms with Crippen molar-refractivity contribution in [3.8, 4) is 0 Å². The third-order valence-corrected chi connectivity index (χ3v) is 5.19. The van der Waals surface area contributed by atoms with Gasteiger partial charge in [-0.15, -0.1) is 0 Å². The molecule has 1 rings (SSSR count). The first kappa shape index (κ1) is 10.8. The number of hydrogen-bond donors (Lipinski definition) is 1. The molecular weight excluding hydrogens is 227 g/mol. The van der Waals surface area contributed by atoms with E-state index in [9.17, 15) is 5.11 Å². The summed E-state index contributed by atoms with van der Waals surface area (Å²) in [7, 11) is 0. The molecule has 2 heteroatoms. The summed E-state index contributed by atoms with van der Waals surface area (Å²) < 4.78 is 1.38. The van der Waals surface area contributed by atoms with E-state index < -0.39 is 0 Å². The molecule has 1 atom stereocenters. The molecule has 0 heterocycles. The third kappa shape index (κ3) is 3.51. The van der Waals surface area contributed by atoms with Crippen molar-refractivity contribution in [1.29, 1.82) is 0 Å². The van der Waals surface area contributed by atoms with Crippen molar-refractivity contribution in [2.75, 3.05) is 6.61 Å². The van der Waals surface area contributed by atoms with Crippen LogP contribution in [-0.4, -0.2) is 26.7 Å². The van der Waals surface area contributed by atoms with Crippen LogP contribution in [0, 0.1) is 5.92 Å². The van der Waals surface area contributed by atoms with Gasteiger partial charge in [-0.3, -0.25) is 0 Å². The molecule has 1 N–H and O–H groups in total. The summed E-state index contributed by atoms with van der Waals surface area (Å²) in [4.78, 5) is 0.454. The maximum atomic E-state index is 9.17. The molecule has 0 aliphatic carbocycles. The Balaban J connectivity index is 2.57. The van der Waals surface area contributed by atoms with Crippen LogP contribution in [0.25, 0.3) is 0 Å². The van der Waals surface area contributed by atoms with E-state index >= 15 is 0 Å². The van der Waals surface area contributed by atoms with Crippen LogP contribution in [-0.2, 0) is 0 Å². The van der Waals surface area contributed by atoms with Crippen LogP contribution in [0.3, 0.4) is 0 Å². The van der Waals surface area contributed by atoms with E-state index in [-0.39, 0.29) is 0 Å². The molecule has 1 nitrogen and oxygen atoms in total. The molecule has 1 unspecified atom stereocenters. The Kier molecular flexibility index (Phi) is 4.51. The molecule has 1 aromatic carbocycles. The zero-order valence-electron chi connectivity index (χ0n) is 8.10. The first-order valence-electron chi connectivity index (χ1n) is 4.56. The van der Waals surface area contributed by atoms with Gasteiger partial charge in [-0.25, -0.2) is 0 Å². The van der Waals surface area contributed by atoms with E-state index in [1.807, 2.05) is 6.07 Å². The van der Waals surface area contributed by atoms with Gasteiger partial charge in [0.25, 0.3) is 0 Å². The van der Waals surface area contributed by atoms with Gasteiger partial charge in [-0.2, -0.15) is 0 Å². The quantitative estimate of drug-likeness (QED) is 0.794. The Morgan fingerprint density at radius 3 is 2.31 bits per heavy atom. The summed E-state index contributed by atoms with van der Waals surface area (Å²) in [6, 6.07) is 10.4. The van der Waals surface area contributed by atoms with Gasteiger partial charge in [0, 0.05) is 0 Å². The number of aliphatic hydroxyl groups is 1. The molecule has 0 saturated heterocycles. The van der Waals surface area contributed by atoms with Crippen molar-refractivity contribution in [2.45, 2.75) is 18.7 Å². The maximum absolute atomic E-state index is 9.17. The zero-order valence-corrected chi connectivity index (χ0v) is 9.82. The van der Waals surface area contributed by atoms with Gasteiger partial charge in [0.2, 0.25) is 0 Å².